The van der Waals surface area contributed by atoms with Gasteiger partial charge in [-0.3, -0.25) is 9.78 Å². The van der Waals surface area contributed by atoms with Crippen molar-refractivity contribution in [1.29, 1.82) is 0 Å². The molecule has 1 amide bonds. The van der Waals surface area contributed by atoms with Crippen LogP contribution in [0, 0.1) is 0 Å². The highest BCUT2D eigenvalue weighted by molar-refractivity contribution is 5.94. The number of fused-ring (bicyclic) bond motifs is 1. The molecular formula is C26H32F2N4O5. The van der Waals surface area contributed by atoms with Crippen LogP contribution in [0.4, 0.5) is 14.6 Å². The van der Waals surface area contributed by atoms with Crippen molar-refractivity contribution in [3.8, 4) is 5.75 Å². The number of carbonyl (C=O) groups excluding carboxylic acids is 1. The number of nitrogens with zero attached hydrogens (tertiary/aromatic N) is 2. The third-order valence-corrected chi connectivity index (χ3v) is 6.70. The number of nitrogens with one attached hydrogen (secondary N) is 2. The van der Waals surface area contributed by atoms with E-state index >= 15 is 0 Å². The second-order valence-electron chi connectivity index (χ2n) is 9.37. The second kappa shape index (κ2) is 12.3. The van der Waals surface area contributed by atoms with Gasteiger partial charge in [-0.25, -0.2) is 9.78 Å². The first-order valence-corrected chi connectivity index (χ1v) is 12.6. The van der Waals surface area contributed by atoms with Gasteiger partial charge in [0.15, 0.2) is 0 Å². The monoisotopic (exact) mass is 518 g/mol. The number of carbonyl (C=O) groups is 2. The minimum absolute atomic E-state index is 0.0812. The minimum atomic E-state index is -3.06. The Bertz CT molecular complexity index is 1100. The fourth-order valence-corrected chi connectivity index (χ4v) is 4.51. The smallest absolute Gasteiger partial charge is 0.387 e. The number of carboxylic acids is 1. The zero-order chi connectivity index (χ0) is 26.3. The van der Waals surface area contributed by atoms with Gasteiger partial charge >= 0.3 is 12.6 Å². The fraction of sp³-hybridized carbons (Fsp3) is 0.538. The van der Waals surface area contributed by atoms with Gasteiger partial charge in [-0.05, 0) is 68.7 Å². The number of unbranched alkanes of at least 4 members (excludes halogenated alkanes) is 1. The van der Waals surface area contributed by atoms with E-state index in [1.807, 2.05) is 0 Å². The molecule has 200 valence electrons. The highest BCUT2D eigenvalue weighted by Gasteiger charge is 2.55. The number of aliphatic carboxylic acids is 1. The van der Waals surface area contributed by atoms with E-state index in [0.29, 0.717) is 19.4 Å². The normalized spacial score (nSPS) is 16.4. The lowest BCUT2D eigenvalue weighted by atomic mass is 9.98. The number of hydrogen-bond acceptors (Lipinski definition) is 7. The number of alkyl halides is 2. The zero-order valence-corrected chi connectivity index (χ0v) is 20.6. The SMILES string of the molecule is O=C(O)[C@H](CCOCCCCc1ccc2c(n1)NCCC2)NC(=O)C1(c2ncccc2OC(F)F)CC1. The minimum Gasteiger partial charge on any atom is -0.480 e. The summed E-state index contributed by atoms with van der Waals surface area (Å²) < 4.78 is 35.7. The Kier molecular flexibility index (Phi) is 8.86. The van der Waals surface area contributed by atoms with Gasteiger partial charge in [0.2, 0.25) is 5.91 Å². The van der Waals surface area contributed by atoms with Gasteiger partial charge in [0.1, 0.15) is 17.6 Å². The maximum Gasteiger partial charge on any atom is 0.387 e. The van der Waals surface area contributed by atoms with Crippen LogP contribution in [0.2, 0.25) is 0 Å². The summed E-state index contributed by atoms with van der Waals surface area (Å²) in [5.41, 5.74) is 1.22. The molecule has 4 rings (SSSR count). The number of pyridine rings is 2. The predicted molar refractivity (Wildman–Crippen MR) is 131 cm³/mol. The molecule has 0 aromatic carbocycles. The Labute approximate surface area is 214 Å². The van der Waals surface area contributed by atoms with Gasteiger partial charge in [-0.15, -0.1) is 0 Å². The summed E-state index contributed by atoms with van der Waals surface area (Å²) in [6.07, 6.45) is 6.91. The highest BCUT2D eigenvalue weighted by Crippen LogP contribution is 2.50. The van der Waals surface area contributed by atoms with Crippen molar-refractivity contribution < 1.29 is 33.0 Å². The average molecular weight is 519 g/mol. The fourth-order valence-electron chi connectivity index (χ4n) is 4.51. The molecule has 1 atom stereocenters. The van der Waals surface area contributed by atoms with Gasteiger partial charge in [-0.2, -0.15) is 8.78 Å². The molecule has 0 bridgehead atoms. The topological polar surface area (TPSA) is 123 Å². The lowest BCUT2D eigenvalue weighted by Gasteiger charge is -2.21. The number of ether oxygens (including phenoxy) is 2. The van der Waals surface area contributed by atoms with E-state index in [9.17, 15) is 23.5 Å². The van der Waals surface area contributed by atoms with E-state index in [2.05, 4.69) is 37.5 Å². The molecular weight excluding hydrogens is 486 g/mol. The molecule has 2 aromatic rings. The molecule has 1 aliphatic heterocycles. The van der Waals surface area contributed by atoms with E-state index in [4.69, 9.17) is 4.74 Å². The van der Waals surface area contributed by atoms with Gasteiger partial charge < -0.3 is 25.2 Å². The summed E-state index contributed by atoms with van der Waals surface area (Å²) in [6, 6.07) is 5.79. The maximum atomic E-state index is 13.0. The van der Waals surface area contributed by atoms with Crippen LogP contribution in [0.25, 0.3) is 0 Å². The second-order valence-corrected chi connectivity index (χ2v) is 9.37. The Morgan fingerprint density at radius 2 is 2.03 bits per heavy atom. The van der Waals surface area contributed by atoms with Crippen LogP contribution in [0.3, 0.4) is 0 Å². The number of hydrogen-bond donors (Lipinski definition) is 3. The van der Waals surface area contributed by atoms with Gasteiger partial charge in [0, 0.05) is 38.1 Å². The number of aryl methyl sites for hydroxylation is 2. The largest absolute Gasteiger partial charge is 0.480 e. The molecule has 3 N–H and O–H groups in total. The van der Waals surface area contributed by atoms with Crippen molar-refractivity contribution in [3.05, 3.63) is 47.4 Å². The van der Waals surface area contributed by atoms with Crippen molar-refractivity contribution in [2.24, 2.45) is 0 Å². The van der Waals surface area contributed by atoms with Crippen molar-refractivity contribution >= 4 is 17.7 Å². The first-order chi connectivity index (χ1) is 17.9. The van der Waals surface area contributed by atoms with Gasteiger partial charge in [-0.1, -0.05) is 6.07 Å². The van der Waals surface area contributed by atoms with Crippen molar-refractivity contribution in [2.45, 2.75) is 69.4 Å². The predicted octanol–water partition coefficient (Wildman–Crippen LogP) is 3.47. The molecule has 1 fully saturated rings. The number of rotatable bonds is 14. The van der Waals surface area contributed by atoms with E-state index in [0.717, 1.165) is 50.2 Å². The first kappa shape index (κ1) is 26.7. The van der Waals surface area contributed by atoms with Crippen LogP contribution >= 0.6 is 0 Å². The van der Waals surface area contributed by atoms with Crippen molar-refractivity contribution in [2.75, 3.05) is 25.1 Å². The molecule has 11 heteroatoms. The standard InChI is InChI=1S/C26H32F2N4O5/c27-25(28)37-20-7-4-13-29-21(20)26(11-12-26)24(35)32-19(23(33)34)10-16-36-15-2-1-6-18-9-8-17-5-3-14-30-22(17)31-18/h4,7-9,13,19,25H,1-3,5-6,10-12,14-16H2,(H,30,31)(H,32,35)(H,33,34)/t19-/m0/s1. The van der Waals surface area contributed by atoms with E-state index in [-0.39, 0.29) is 24.5 Å². The maximum absolute atomic E-state index is 13.0. The summed E-state index contributed by atoms with van der Waals surface area (Å²) in [4.78, 5) is 33.5. The third-order valence-electron chi connectivity index (χ3n) is 6.70. The number of halogens is 2. The molecule has 3 heterocycles. The van der Waals surface area contributed by atoms with Gasteiger partial charge in [0.25, 0.3) is 0 Å². The average Bonchev–Trinajstić information content (AvgIpc) is 3.69. The van der Waals surface area contributed by atoms with Crippen LogP contribution in [0.15, 0.2) is 30.5 Å². The van der Waals surface area contributed by atoms with Crippen LogP contribution < -0.4 is 15.4 Å². The van der Waals surface area contributed by atoms with Crippen LogP contribution in [-0.2, 0) is 32.6 Å². The lowest BCUT2D eigenvalue weighted by molar-refractivity contribution is -0.142. The Balaban J connectivity index is 1.20. The van der Waals surface area contributed by atoms with Gasteiger partial charge in [0.05, 0.1) is 11.1 Å². The number of amides is 1. The molecule has 0 unspecified atom stereocenters. The van der Waals surface area contributed by atoms with E-state index in [1.165, 1.54) is 23.9 Å². The van der Waals surface area contributed by atoms with Crippen molar-refractivity contribution in [3.63, 3.8) is 0 Å². The molecule has 37 heavy (non-hydrogen) atoms. The van der Waals surface area contributed by atoms with E-state index in [1.54, 1.807) is 0 Å². The molecule has 2 aromatic heterocycles. The summed E-state index contributed by atoms with van der Waals surface area (Å²) in [7, 11) is 0. The van der Waals surface area contributed by atoms with Crippen LogP contribution in [-0.4, -0.2) is 59.4 Å². The summed E-state index contributed by atoms with van der Waals surface area (Å²) in [5, 5.41) is 15.4. The van der Waals surface area contributed by atoms with Crippen LogP contribution in [0.1, 0.15) is 55.5 Å². The molecule has 2 aliphatic rings. The quantitative estimate of drug-likeness (QED) is 0.325. The molecule has 0 spiro atoms. The molecule has 1 aliphatic carbocycles. The Hall–Kier alpha value is -3.34. The molecule has 0 saturated heterocycles. The number of aromatic nitrogens is 2. The van der Waals surface area contributed by atoms with Crippen LogP contribution in [0.5, 0.6) is 5.75 Å². The van der Waals surface area contributed by atoms with Crippen molar-refractivity contribution in [1.82, 2.24) is 15.3 Å². The lowest BCUT2D eigenvalue weighted by Crippen LogP contribution is -2.46. The molecule has 1 saturated carbocycles. The molecule has 0 radical (unpaired) electrons. The Morgan fingerprint density at radius 1 is 1.19 bits per heavy atom. The first-order valence-electron chi connectivity index (χ1n) is 12.6. The number of carboxylic acid groups (broad SMARTS) is 1. The summed E-state index contributed by atoms with van der Waals surface area (Å²) >= 11 is 0. The molecule has 9 nitrogen and oxygen atoms in total. The Morgan fingerprint density at radius 3 is 2.78 bits per heavy atom. The number of anilines is 1. The van der Waals surface area contributed by atoms with E-state index < -0.39 is 29.9 Å². The highest BCUT2D eigenvalue weighted by atomic mass is 19.3. The zero-order valence-electron chi connectivity index (χ0n) is 20.6. The third kappa shape index (κ3) is 6.91. The summed E-state index contributed by atoms with van der Waals surface area (Å²) in [6.45, 7) is -1.48. The summed E-state index contributed by atoms with van der Waals surface area (Å²) in [5.74, 6) is -0.951.